The monoisotopic (exact) mass is 470 g/mol. The van der Waals surface area contributed by atoms with E-state index in [1.165, 1.54) is 16.5 Å². The largest absolute Gasteiger partial charge is 0.493 e. The van der Waals surface area contributed by atoms with Crippen molar-refractivity contribution in [2.24, 2.45) is 5.41 Å². The zero-order valence-electron chi connectivity index (χ0n) is 20.7. The molecule has 1 aromatic carbocycles. The number of allylic oxidation sites excluding steroid dienone is 2. The Morgan fingerprint density at radius 2 is 2.09 bits per heavy atom. The van der Waals surface area contributed by atoms with Gasteiger partial charge in [-0.15, -0.1) is 0 Å². The number of benzene rings is 1. The highest BCUT2D eigenvalue weighted by molar-refractivity contribution is 8.00. The van der Waals surface area contributed by atoms with E-state index in [4.69, 9.17) is 14.3 Å². The van der Waals surface area contributed by atoms with Crippen LogP contribution in [0.15, 0.2) is 46.6 Å². The summed E-state index contributed by atoms with van der Waals surface area (Å²) in [5.74, 6) is 1.13. The van der Waals surface area contributed by atoms with Crippen LogP contribution >= 0.6 is 11.8 Å². The molecule has 0 aliphatic heterocycles. The predicted octanol–water partition coefficient (Wildman–Crippen LogP) is 7.60. The summed E-state index contributed by atoms with van der Waals surface area (Å²) in [6, 6.07) is 4.25. The minimum atomic E-state index is -0.765. The van der Waals surface area contributed by atoms with Crippen molar-refractivity contribution < 1.29 is 19.1 Å². The first-order valence-corrected chi connectivity index (χ1v) is 13.0. The molecule has 4 nitrogen and oxygen atoms in total. The Labute approximate surface area is 202 Å². The van der Waals surface area contributed by atoms with Crippen molar-refractivity contribution in [1.82, 2.24) is 0 Å². The molecule has 0 saturated heterocycles. The maximum Gasteiger partial charge on any atom is 0.307 e. The zero-order valence-corrected chi connectivity index (χ0v) is 21.5. The molecule has 1 aromatic heterocycles. The molecule has 0 radical (unpaired) electrons. The maximum absolute atomic E-state index is 11.0. The second-order valence-electron chi connectivity index (χ2n) is 10.5. The van der Waals surface area contributed by atoms with E-state index in [0.717, 1.165) is 54.8 Å². The van der Waals surface area contributed by atoms with Crippen LogP contribution in [0.1, 0.15) is 71.4 Å². The Bertz CT molecular complexity index is 1020. The number of hydrogen-bond donors (Lipinski definition) is 1. The molecule has 0 bridgehead atoms. The number of carboxylic acids is 1. The first kappa shape index (κ1) is 25.5. The molecular formula is C28H38O4S. The fourth-order valence-corrected chi connectivity index (χ4v) is 5.63. The number of aryl methyl sites for hydroxylation is 1. The molecule has 0 saturated carbocycles. The second kappa shape index (κ2) is 10.9. The number of hydrogen-bond acceptors (Lipinski definition) is 4. The van der Waals surface area contributed by atoms with Crippen molar-refractivity contribution in [2.75, 3.05) is 12.4 Å². The maximum atomic E-state index is 11.0. The highest BCUT2D eigenvalue weighted by Gasteiger charge is 2.26. The first-order chi connectivity index (χ1) is 15.6. The molecule has 180 valence electrons. The van der Waals surface area contributed by atoms with Gasteiger partial charge in [0.2, 0.25) is 0 Å². The van der Waals surface area contributed by atoms with E-state index in [1.807, 2.05) is 30.2 Å². The average Bonchev–Trinajstić information content (AvgIpc) is 3.10. The minimum absolute atomic E-state index is 0.0521. The van der Waals surface area contributed by atoms with Crippen molar-refractivity contribution >= 4 is 28.7 Å². The third-order valence-electron chi connectivity index (χ3n) is 5.82. The van der Waals surface area contributed by atoms with Gasteiger partial charge in [0.1, 0.15) is 11.3 Å². The van der Waals surface area contributed by atoms with Crippen LogP contribution in [0.25, 0.3) is 11.0 Å². The molecule has 1 atom stereocenters. The zero-order chi connectivity index (χ0) is 24.1. The van der Waals surface area contributed by atoms with Gasteiger partial charge in [0, 0.05) is 15.7 Å². The van der Waals surface area contributed by atoms with Gasteiger partial charge in [-0.3, -0.25) is 4.79 Å². The van der Waals surface area contributed by atoms with Crippen LogP contribution in [0, 0.1) is 5.41 Å². The number of furan rings is 1. The smallest absolute Gasteiger partial charge is 0.307 e. The van der Waals surface area contributed by atoms with E-state index in [0.29, 0.717) is 6.61 Å². The molecule has 3 rings (SSSR count). The number of ether oxygens (including phenoxy) is 1. The summed E-state index contributed by atoms with van der Waals surface area (Å²) in [6.07, 6.45) is 12.8. The number of carbonyl (C=O) groups is 1. The lowest BCUT2D eigenvalue weighted by atomic mass is 9.88. The van der Waals surface area contributed by atoms with Gasteiger partial charge in [-0.1, -0.05) is 57.9 Å². The molecule has 2 aromatic rings. The standard InChI is InChI=1S/C28H38O4S/c1-6-9-23-24(12-11-22-21(18-27(2,3)4)19-32-26(22)23)31-14-8-15-33-28(5)13-7-10-20(17-28)16-25(29)30/h7,10-13,19H,6,8-9,14-18H2,1-5H3,(H,29,30). The normalized spacial score (nSPS) is 18.5. The molecule has 0 amide bonds. The Hall–Kier alpha value is -2.14. The third kappa shape index (κ3) is 7.17. The number of thioether (sulfide) groups is 1. The lowest BCUT2D eigenvalue weighted by Crippen LogP contribution is -2.21. The summed E-state index contributed by atoms with van der Waals surface area (Å²) in [5, 5.41) is 10.3. The van der Waals surface area contributed by atoms with Crippen LogP contribution in [0.5, 0.6) is 5.75 Å². The Balaban J connectivity index is 1.58. The molecule has 5 heteroatoms. The lowest BCUT2D eigenvalue weighted by Gasteiger charge is -2.29. The van der Waals surface area contributed by atoms with Crippen LogP contribution < -0.4 is 4.74 Å². The summed E-state index contributed by atoms with van der Waals surface area (Å²) in [4.78, 5) is 11.0. The summed E-state index contributed by atoms with van der Waals surface area (Å²) in [5.41, 5.74) is 4.61. The Kier molecular flexibility index (Phi) is 8.38. The average molecular weight is 471 g/mol. The Morgan fingerprint density at radius 3 is 2.79 bits per heavy atom. The summed E-state index contributed by atoms with van der Waals surface area (Å²) in [6.45, 7) is 11.8. The molecular weight excluding hydrogens is 432 g/mol. The molecule has 1 N–H and O–H groups in total. The van der Waals surface area contributed by atoms with Crippen LogP contribution in [0.4, 0.5) is 0 Å². The van der Waals surface area contributed by atoms with Crippen molar-refractivity contribution in [1.29, 1.82) is 0 Å². The SMILES string of the molecule is CCCc1c(OCCCSC2(C)C=CC=C(CC(=O)O)C2)ccc2c(CC(C)(C)C)coc12. The van der Waals surface area contributed by atoms with Crippen molar-refractivity contribution in [3.05, 3.63) is 53.3 Å². The van der Waals surface area contributed by atoms with E-state index in [9.17, 15) is 4.79 Å². The highest BCUT2D eigenvalue weighted by atomic mass is 32.2. The van der Waals surface area contributed by atoms with E-state index >= 15 is 0 Å². The first-order valence-electron chi connectivity index (χ1n) is 12.0. The Morgan fingerprint density at radius 1 is 1.30 bits per heavy atom. The third-order valence-corrected chi connectivity index (χ3v) is 7.25. The van der Waals surface area contributed by atoms with Crippen LogP contribution in [0.3, 0.4) is 0 Å². The van der Waals surface area contributed by atoms with E-state index in [1.54, 1.807) is 0 Å². The number of aliphatic carboxylic acids is 1. The van der Waals surface area contributed by atoms with E-state index in [-0.39, 0.29) is 16.6 Å². The fraction of sp³-hybridized carbons (Fsp3) is 0.536. The van der Waals surface area contributed by atoms with Gasteiger partial charge in [-0.2, -0.15) is 11.8 Å². The summed E-state index contributed by atoms with van der Waals surface area (Å²) >= 11 is 1.87. The molecule has 1 aliphatic rings. The van der Waals surface area contributed by atoms with Gasteiger partial charge >= 0.3 is 5.97 Å². The molecule has 0 fully saturated rings. The lowest BCUT2D eigenvalue weighted by molar-refractivity contribution is -0.136. The van der Waals surface area contributed by atoms with Gasteiger partial charge in [0.05, 0.1) is 19.3 Å². The number of carboxylic acid groups (broad SMARTS) is 1. The van der Waals surface area contributed by atoms with Crippen molar-refractivity contribution in [3.63, 3.8) is 0 Å². The molecule has 1 unspecified atom stereocenters. The predicted molar refractivity (Wildman–Crippen MR) is 138 cm³/mol. The van der Waals surface area contributed by atoms with E-state index < -0.39 is 5.97 Å². The number of fused-ring (bicyclic) bond motifs is 1. The van der Waals surface area contributed by atoms with Gasteiger partial charge in [0.15, 0.2) is 0 Å². The summed E-state index contributed by atoms with van der Waals surface area (Å²) < 4.78 is 12.2. The van der Waals surface area contributed by atoms with Crippen LogP contribution in [0.2, 0.25) is 0 Å². The summed E-state index contributed by atoms with van der Waals surface area (Å²) in [7, 11) is 0. The van der Waals surface area contributed by atoms with E-state index in [2.05, 4.69) is 52.8 Å². The fourth-order valence-electron chi connectivity index (χ4n) is 4.44. The van der Waals surface area contributed by atoms with Crippen molar-refractivity contribution in [2.45, 2.75) is 77.9 Å². The number of rotatable bonds is 11. The van der Waals surface area contributed by atoms with Gasteiger partial charge in [-0.05, 0) is 61.5 Å². The molecule has 0 spiro atoms. The highest BCUT2D eigenvalue weighted by Crippen LogP contribution is 2.38. The second-order valence-corrected chi connectivity index (χ2v) is 12.1. The molecule has 1 aliphatic carbocycles. The molecule has 1 heterocycles. The molecule has 33 heavy (non-hydrogen) atoms. The minimum Gasteiger partial charge on any atom is -0.493 e. The quantitative estimate of drug-likeness (QED) is 0.343. The van der Waals surface area contributed by atoms with Crippen LogP contribution in [-0.2, 0) is 17.6 Å². The van der Waals surface area contributed by atoms with Crippen molar-refractivity contribution in [3.8, 4) is 5.75 Å². The topological polar surface area (TPSA) is 59.7 Å². The van der Waals surface area contributed by atoms with Gasteiger partial charge < -0.3 is 14.3 Å². The van der Waals surface area contributed by atoms with Gasteiger partial charge in [0.25, 0.3) is 0 Å². The van der Waals surface area contributed by atoms with Gasteiger partial charge in [-0.25, -0.2) is 0 Å². The van der Waals surface area contributed by atoms with Crippen LogP contribution in [-0.4, -0.2) is 28.2 Å².